The van der Waals surface area contributed by atoms with Crippen LogP contribution in [0.25, 0.3) is 0 Å². The number of benzene rings is 1. The summed E-state index contributed by atoms with van der Waals surface area (Å²) in [5.41, 5.74) is -0.132. The molecule has 1 rings (SSSR count). The van der Waals surface area contributed by atoms with Crippen molar-refractivity contribution in [3.63, 3.8) is 0 Å². The van der Waals surface area contributed by atoms with Gasteiger partial charge in [0.2, 0.25) is 0 Å². The first kappa shape index (κ1) is 12.6. The van der Waals surface area contributed by atoms with Crippen molar-refractivity contribution in [1.29, 1.82) is 0 Å². The monoisotopic (exact) mass is 218 g/mol. The van der Waals surface area contributed by atoms with E-state index < -0.39 is 5.41 Å². The quantitative estimate of drug-likeness (QED) is 0.400. The van der Waals surface area contributed by atoms with Gasteiger partial charge < -0.3 is 9.59 Å². The second kappa shape index (κ2) is 6.21. The standard InChI is InChI=1S/C14H18O2/c1-2-3-7-10-14(11-15,12-16)13-8-5-4-6-9-13/h4-6,8-9,11-12H,2-3,7,10H2,1H3. The summed E-state index contributed by atoms with van der Waals surface area (Å²) >= 11 is 0. The van der Waals surface area contributed by atoms with E-state index in [0.29, 0.717) is 6.42 Å². The molecule has 0 aromatic heterocycles. The number of rotatable bonds is 7. The summed E-state index contributed by atoms with van der Waals surface area (Å²) in [6.45, 7) is 2.10. The van der Waals surface area contributed by atoms with Crippen molar-refractivity contribution in [3.05, 3.63) is 35.9 Å². The van der Waals surface area contributed by atoms with Crippen LogP contribution in [0.4, 0.5) is 0 Å². The molecule has 0 aliphatic heterocycles. The maximum absolute atomic E-state index is 11.2. The largest absolute Gasteiger partial charge is 0.302 e. The Morgan fingerprint density at radius 2 is 1.69 bits per heavy atom. The second-order valence-corrected chi connectivity index (χ2v) is 4.10. The molecule has 0 saturated heterocycles. The fourth-order valence-corrected chi connectivity index (χ4v) is 1.84. The number of hydrogen-bond donors (Lipinski definition) is 0. The molecule has 0 aliphatic rings. The molecule has 86 valence electrons. The van der Waals surface area contributed by atoms with E-state index in [2.05, 4.69) is 6.92 Å². The van der Waals surface area contributed by atoms with E-state index >= 15 is 0 Å². The second-order valence-electron chi connectivity index (χ2n) is 4.10. The van der Waals surface area contributed by atoms with Gasteiger partial charge in [-0.05, 0) is 12.0 Å². The molecule has 1 aromatic carbocycles. The van der Waals surface area contributed by atoms with Gasteiger partial charge in [-0.15, -0.1) is 0 Å². The van der Waals surface area contributed by atoms with Gasteiger partial charge in [0.1, 0.15) is 18.0 Å². The summed E-state index contributed by atoms with van der Waals surface area (Å²) in [6, 6.07) is 9.28. The lowest BCUT2D eigenvalue weighted by atomic mass is 9.79. The molecule has 0 N–H and O–H groups in total. The number of carbonyl (C=O) groups excluding carboxylic acids is 2. The fraction of sp³-hybridized carbons (Fsp3) is 0.429. The van der Waals surface area contributed by atoms with Crippen molar-refractivity contribution >= 4 is 12.6 Å². The number of hydrogen-bond acceptors (Lipinski definition) is 2. The average molecular weight is 218 g/mol. The van der Waals surface area contributed by atoms with Gasteiger partial charge in [0.15, 0.2) is 0 Å². The Kier molecular flexibility index (Phi) is 4.90. The maximum atomic E-state index is 11.2. The fourth-order valence-electron chi connectivity index (χ4n) is 1.84. The van der Waals surface area contributed by atoms with Crippen LogP contribution in [0, 0.1) is 0 Å². The van der Waals surface area contributed by atoms with Crippen LogP contribution in [0.3, 0.4) is 0 Å². The molecule has 2 nitrogen and oxygen atoms in total. The van der Waals surface area contributed by atoms with Crippen LogP contribution >= 0.6 is 0 Å². The molecule has 0 atom stereocenters. The zero-order valence-electron chi connectivity index (χ0n) is 9.69. The minimum atomic E-state index is -0.934. The Morgan fingerprint density at radius 3 is 2.19 bits per heavy atom. The Labute approximate surface area is 96.7 Å². The highest BCUT2D eigenvalue weighted by Gasteiger charge is 2.30. The lowest BCUT2D eigenvalue weighted by Gasteiger charge is -2.21. The smallest absolute Gasteiger partial charge is 0.137 e. The normalized spacial score (nSPS) is 11.1. The van der Waals surface area contributed by atoms with Crippen LogP contribution in [0.15, 0.2) is 30.3 Å². The third kappa shape index (κ3) is 2.78. The van der Waals surface area contributed by atoms with Crippen LogP contribution in [-0.4, -0.2) is 12.6 Å². The molecule has 0 saturated carbocycles. The molecule has 0 spiro atoms. The molecular weight excluding hydrogens is 200 g/mol. The van der Waals surface area contributed by atoms with Crippen LogP contribution in [0.5, 0.6) is 0 Å². The van der Waals surface area contributed by atoms with Crippen molar-refractivity contribution in [3.8, 4) is 0 Å². The van der Waals surface area contributed by atoms with Crippen LogP contribution < -0.4 is 0 Å². The Bertz CT molecular complexity index is 322. The van der Waals surface area contributed by atoms with Crippen molar-refractivity contribution in [2.75, 3.05) is 0 Å². The molecule has 0 amide bonds. The minimum Gasteiger partial charge on any atom is -0.302 e. The predicted molar refractivity (Wildman–Crippen MR) is 64.4 cm³/mol. The number of carbonyl (C=O) groups is 2. The first-order valence-electron chi connectivity index (χ1n) is 5.77. The maximum Gasteiger partial charge on any atom is 0.137 e. The summed E-state index contributed by atoms with van der Waals surface area (Å²) in [5, 5.41) is 0. The summed E-state index contributed by atoms with van der Waals surface area (Å²) in [4.78, 5) is 22.4. The molecule has 0 heterocycles. The molecule has 0 aliphatic carbocycles. The third-order valence-corrected chi connectivity index (χ3v) is 2.93. The molecule has 16 heavy (non-hydrogen) atoms. The first-order chi connectivity index (χ1) is 7.79. The van der Waals surface area contributed by atoms with E-state index in [1.165, 1.54) is 0 Å². The minimum absolute atomic E-state index is 0.609. The van der Waals surface area contributed by atoms with Gasteiger partial charge in [-0.3, -0.25) is 0 Å². The number of unbranched alkanes of at least 4 members (excludes halogenated alkanes) is 2. The lowest BCUT2D eigenvalue weighted by Crippen LogP contribution is -2.29. The molecule has 0 radical (unpaired) electrons. The van der Waals surface area contributed by atoms with E-state index in [1.807, 2.05) is 30.3 Å². The first-order valence-corrected chi connectivity index (χ1v) is 5.77. The van der Waals surface area contributed by atoms with Crippen molar-refractivity contribution < 1.29 is 9.59 Å². The summed E-state index contributed by atoms with van der Waals surface area (Å²) in [5.74, 6) is 0. The zero-order chi connectivity index (χ0) is 11.9. The molecule has 0 bridgehead atoms. The molecule has 0 fully saturated rings. The Morgan fingerprint density at radius 1 is 1.06 bits per heavy atom. The van der Waals surface area contributed by atoms with E-state index in [9.17, 15) is 9.59 Å². The topological polar surface area (TPSA) is 34.1 Å². The lowest BCUT2D eigenvalue weighted by molar-refractivity contribution is -0.121. The van der Waals surface area contributed by atoms with Gasteiger partial charge >= 0.3 is 0 Å². The zero-order valence-corrected chi connectivity index (χ0v) is 9.69. The van der Waals surface area contributed by atoms with Crippen molar-refractivity contribution in [2.45, 2.75) is 38.0 Å². The summed E-state index contributed by atoms with van der Waals surface area (Å²) in [6.07, 6.45) is 5.22. The summed E-state index contributed by atoms with van der Waals surface area (Å²) < 4.78 is 0. The van der Waals surface area contributed by atoms with Gasteiger partial charge in [0.25, 0.3) is 0 Å². The highest BCUT2D eigenvalue weighted by molar-refractivity contribution is 5.91. The van der Waals surface area contributed by atoms with Crippen LogP contribution in [0.2, 0.25) is 0 Å². The van der Waals surface area contributed by atoms with E-state index in [0.717, 1.165) is 37.4 Å². The predicted octanol–water partition coefficient (Wildman–Crippen LogP) is 2.90. The van der Waals surface area contributed by atoms with Gasteiger partial charge in [-0.2, -0.15) is 0 Å². The van der Waals surface area contributed by atoms with E-state index in [1.54, 1.807) is 0 Å². The van der Waals surface area contributed by atoms with Gasteiger partial charge in [0, 0.05) is 0 Å². The molecule has 1 aromatic rings. The summed E-state index contributed by atoms with van der Waals surface area (Å²) in [7, 11) is 0. The Hall–Kier alpha value is -1.44. The molecule has 0 unspecified atom stereocenters. The van der Waals surface area contributed by atoms with Crippen molar-refractivity contribution in [1.82, 2.24) is 0 Å². The highest BCUT2D eigenvalue weighted by Crippen LogP contribution is 2.26. The average Bonchev–Trinajstić information content (AvgIpc) is 2.36. The molecular formula is C14H18O2. The van der Waals surface area contributed by atoms with E-state index in [-0.39, 0.29) is 0 Å². The number of aldehydes is 2. The SMILES string of the molecule is CCCCCC(C=O)(C=O)c1ccccc1. The van der Waals surface area contributed by atoms with Crippen LogP contribution in [-0.2, 0) is 15.0 Å². The third-order valence-electron chi connectivity index (χ3n) is 2.93. The molecule has 2 heteroatoms. The van der Waals surface area contributed by atoms with E-state index in [4.69, 9.17) is 0 Å². The van der Waals surface area contributed by atoms with Crippen LogP contribution in [0.1, 0.15) is 38.2 Å². The van der Waals surface area contributed by atoms with Gasteiger partial charge in [-0.25, -0.2) is 0 Å². The van der Waals surface area contributed by atoms with Gasteiger partial charge in [0.05, 0.1) is 0 Å². The highest BCUT2D eigenvalue weighted by atomic mass is 16.1. The Balaban J connectivity index is 2.88. The van der Waals surface area contributed by atoms with Gasteiger partial charge in [-0.1, -0.05) is 56.5 Å². The van der Waals surface area contributed by atoms with Crippen molar-refractivity contribution in [2.24, 2.45) is 0 Å².